The molecule has 24 heavy (non-hydrogen) atoms. The van der Waals surface area contributed by atoms with E-state index in [1.165, 1.54) is 0 Å². The van der Waals surface area contributed by atoms with Gasteiger partial charge in [-0.15, -0.1) is 11.3 Å². The summed E-state index contributed by atoms with van der Waals surface area (Å²) in [6.45, 7) is 1.46. The van der Waals surface area contributed by atoms with E-state index in [-0.39, 0.29) is 5.91 Å². The Morgan fingerprint density at radius 1 is 1.17 bits per heavy atom. The minimum Gasteiger partial charge on any atom is -0.492 e. The van der Waals surface area contributed by atoms with Crippen LogP contribution >= 0.6 is 11.3 Å². The third-order valence-corrected chi connectivity index (χ3v) is 4.59. The second-order valence-electron chi connectivity index (χ2n) is 5.78. The van der Waals surface area contributed by atoms with Crippen molar-refractivity contribution < 1.29 is 9.53 Å². The van der Waals surface area contributed by atoms with Gasteiger partial charge in [-0.05, 0) is 32.3 Å². The molecule has 1 N–H and O–H groups in total. The average Bonchev–Trinajstić information content (AvgIpc) is 2.99. The number of nitrogens with zero attached hydrogens (tertiary/aromatic N) is 1. The number of carbonyl (C=O) groups is 1. The molecule has 0 radical (unpaired) electrons. The molecule has 2 aromatic carbocycles. The summed E-state index contributed by atoms with van der Waals surface area (Å²) >= 11 is 1.58. The molecule has 0 aliphatic rings. The first kappa shape index (κ1) is 16.5. The molecule has 0 atom stereocenters. The lowest BCUT2D eigenvalue weighted by atomic mass is 10.1. The van der Waals surface area contributed by atoms with Gasteiger partial charge in [0.05, 0.1) is 5.56 Å². The number of nitrogens with one attached hydrogen (secondary N) is 1. The van der Waals surface area contributed by atoms with Crippen LogP contribution < -0.4 is 10.1 Å². The summed E-state index contributed by atoms with van der Waals surface area (Å²) in [6, 6.07) is 15.4. The van der Waals surface area contributed by atoms with Crippen LogP contribution in [0.2, 0.25) is 0 Å². The number of carbonyl (C=O) groups excluding carboxylic acids is 1. The van der Waals surface area contributed by atoms with Crippen LogP contribution in [0.3, 0.4) is 0 Å². The zero-order valence-electron chi connectivity index (χ0n) is 13.8. The van der Waals surface area contributed by atoms with Gasteiger partial charge in [-0.1, -0.05) is 24.3 Å². The van der Waals surface area contributed by atoms with Crippen LogP contribution in [0, 0.1) is 0 Å². The zero-order valence-corrected chi connectivity index (χ0v) is 14.6. The van der Waals surface area contributed by atoms with E-state index in [2.05, 4.69) is 10.2 Å². The Hall–Kier alpha value is -2.37. The van der Waals surface area contributed by atoms with Gasteiger partial charge in [-0.25, -0.2) is 0 Å². The zero-order chi connectivity index (χ0) is 16.9. The predicted octanol–water partition coefficient (Wildman–Crippen LogP) is 4.09. The van der Waals surface area contributed by atoms with Crippen molar-refractivity contribution in [3.8, 4) is 5.75 Å². The third-order valence-electron chi connectivity index (χ3n) is 3.62. The first-order chi connectivity index (χ1) is 11.6. The molecule has 5 heteroatoms. The lowest BCUT2D eigenvalue weighted by Gasteiger charge is -2.12. The molecular formula is C19H20N2O2S. The van der Waals surface area contributed by atoms with Gasteiger partial charge >= 0.3 is 0 Å². The van der Waals surface area contributed by atoms with Crippen molar-refractivity contribution in [1.82, 2.24) is 4.90 Å². The normalized spacial score (nSPS) is 11.0. The summed E-state index contributed by atoms with van der Waals surface area (Å²) in [5.41, 5.74) is 1.44. The van der Waals surface area contributed by atoms with E-state index in [0.717, 1.165) is 28.1 Å². The fourth-order valence-electron chi connectivity index (χ4n) is 2.36. The molecule has 0 unspecified atom stereocenters. The Balaban J connectivity index is 1.70. The largest absolute Gasteiger partial charge is 0.492 e. The van der Waals surface area contributed by atoms with Crippen molar-refractivity contribution in [2.24, 2.45) is 0 Å². The summed E-state index contributed by atoms with van der Waals surface area (Å²) in [5, 5.41) is 5.84. The van der Waals surface area contributed by atoms with E-state index in [1.54, 1.807) is 11.3 Å². The fraction of sp³-hybridized carbons (Fsp3) is 0.211. The molecule has 0 bridgehead atoms. The Bertz CT molecular complexity index is 842. The van der Waals surface area contributed by atoms with Gasteiger partial charge in [0.2, 0.25) is 0 Å². The summed E-state index contributed by atoms with van der Waals surface area (Å²) in [6.07, 6.45) is 0. The highest BCUT2D eigenvalue weighted by Crippen LogP contribution is 2.26. The van der Waals surface area contributed by atoms with E-state index in [9.17, 15) is 4.79 Å². The standard InChI is InChI=1S/C19H20N2O2S/c1-21(2)10-11-23-15-7-5-6-14(12-15)20-19(22)17-13-24-18-9-4-3-8-16(17)18/h3-9,12-13H,10-11H2,1-2H3,(H,20,22). The van der Waals surface area contributed by atoms with Gasteiger partial charge in [-0.2, -0.15) is 0 Å². The number of rotatable bonds is 6. The molecule has 0 saturated heterocycles. The molecule has 3 aromatic rings. The Kier molecular flexibility index (Phi) is 5.13. The number of fused-ring (bicyclic) bond motifs is 1. The van der Waals surface area contributed by atoms with E-state index in [0.29, 0.717) is 12.2 Å². The lowest BCUT2D eigenvalue weighted by Crippen LogP contribution is -2.19. The van der Waals surface area contributed by atoms with Crippen LogP contribution in [-0.4, -0.2) is 38.1 Å². The van der Waals surface area contributed by atoms with E-state index in [1.807, 2.05) is 68.0 Å². The monoisotopic (exact) mass is 340 g/mol. The topological polar surface area (TPSA) is 41.6 Å². The molecule has 1 amide bonds. The van der Waals surface area contributed by atoms with Crippen LogP contribution in [0.15, 0.2) is 53.9 Å². The molecule has 0 saturated carbocycles. The number of anilines is 1. The molecule has 0 spiro atoms. The first-order valence-electron chi connectivity index (χ1n) is 7.78. The van der Waals surface area contributed by atoms with Crippen molar-refractivity contribution in [3.63, 3.8) is 0 Å². The fourth-order valence-corrected chi connectivity index (χ4v) is 3.30. The van der Waals surface area contributed by atoms with Crippen molar-refractivity contribution in [1.29, 1.82) is 0 Å². The van der Waals surface area contributed by atoms with Gasteiger partial charge in [0, 0.05) is 33.8 Å². The third kappa shape index (κ3) is 3.93. The summed E-state index contributed by atoms with van der Waals surface area (Å²) in [4.78, 5) is 14.6. The first-order valence-corrected chi connectivity index (χ1v) is 8.66. The maximum absolute atomic E-state index is 12.6. The molecule has 0 aliphatic carbocycles. The molecule has 0 aliphatic heterocycles. The number of hydrogen-bond acceptors (Lipinski definition) is 4. The van der Waals surface area contributed by atoms with Crippen LogP contribution in [0.4, 0.5) is 5.69 Å². The number of likely N-dealkylation sites (N-methyl/N-ethyl adjacent to an activating group) is 1. The van der Waals surface area contributed by atoms with Crippen molar-refractivity contribution in [3.05, 3.63) is 59.5 Å². The van der Waals surface area contributed by atoms with Crippen molar-refractivity contribution in [2.75, 3.05) is 32.6 Å². The molecule has 124 valence electrons. The number of hydrogen-bond donors (Lipinski definition) is 1. The van der Waals surface area contributed by atoms with Crippen molar-refractivity contribution >= 4 is 33.0 Å². The van der Waals surface area contributed by atoms with Crippen LogP contribution in [0.1, 0.15) is 10.4 Å². The summed E-state index contributed by atoms with van der Waals surface area (Å²) in [7, 11) is 4.01. The minimum absolute atomic E-state index is 0.0992. The number of benzene rings is 2. The molecule has 0 fully saturated rings. The molecule has 1 heterocycles. The second-order valence-corrected chi connectivity index (χ2v) is 6.69. The average molecular weight is 340 g/mol. The van der Waals surface area contributed by atoms with Gasteiger partial charge in [0.1, 0.15) is 12.4 Å². The van der Waals surface area contributed by atoms with Gasteiger partial charge in [-0.3, -0.25) is 4.79 Å². The maximum Gasteiger partial charge on any atom is 0.257 e. The summed E-state index contributed by atoms with van der Waals surface area (Å²) < 4.78 is 6.82. The molecule has 3 rings (SSSR count). The molecular weight excluding hydrogens is 320 g/mol. The number of amides is 1. The van der Waals surface area contributed by atoms with E-state index >= 15 is 0 Å². The lowest BCUT2D eigenvalue weighted by molar-refractivity contribution is 0.102. The number of thiophene rings is 1. The van der Waals surface area contributed by atoms with Crippen molar-refractivity contribution in [2.45, 2.75) is 0 Å². The Morgan fingerprint density at radius 3 is 2.83 bits per heavy atom. The van der Waals surface area contributed by atoms with Crippen LogP contribution in [-0.2, 0) is 0 Å². The van der Waals surface area contributed by atoms with Crippen LogP contribution in [0.25, 0.3) is 10.1 Å². The Labute approximate surface area is 145 Å². The van der Waals surface area contributed by atoms with E-state index < -0.39 is 0 Å². The van der Waals surface area contributed by atoms with Gasteiger partial charge in [0.25, 0.3) is 5.91 Å². The number of ether oxygens (including phenoxy) is 1. The van der Waals surface area contributed by atoms with E-state index in [4.69, 9.17) is 4.74 Å². The predicted molar refractivity (Wildman–Crippen MR) is 100 cm³/mol. The Morgan fingerprint density at radius 2 is 2.00 bits per heavy atom. The minimum atomic E-state index is -0.0992. The summed E-state index contributed by atoms with van der Waals surface area (Å²) in [5.74, 6) is 0.655. The highest BCUT2D eigenvalue weighted by Gasteiger charge is 2.12. The highest BCUT2D eigenvalue weighted by atomic mass is 32.1. The maximum atomic E-state index is 12.6. The molecule has 1 aromatic heterocycles. The smallest absolute Gasteiger partial charge is 0.257 e. The second kappa shape index (κ2) is 7.47. The van der Waals surface area contributed by atoms with Crippen LogP contribution in [0.5, 0.6) is 5.75 Å². The van der Waals surface area contributed by atoms with Gasteiger partial charge in [0.15, 0.2) is 0 Å². The highest BCUT2D eigenvalue weighted by molar-refractivity contribution is 7.17. The molecule has 4 nitrogen and oxygen atoms in total. The SMILES string of the molecule is CN(C)CCOc1cccc(NC(=O)c2csc3ccccc23)c1. The quantitative estimate of drug-likeness (QED) is 0.735. The van der Waals surface area contributed by atoms with Gasteiger partial charge < -0.3 is 15.0 Å².